The highest BCUT2D eigenvalue weighted by Crippen LogP contribution is 2.17. The van der Waals surface area contributed by atoms with Crippen molar-refractivity contribution in [3.8, 4) is 12.3 Å². The molecule has 0 saturated carbocycles. The number of carboxylic acid groups (broad SMARTS) is 1. The number of carbonyl (C=O) groups is 2. The van der Waals surface area contributed by atoms with E-state index in [1.54, 1.807) is 6.92 Å². The molecule has 0 spiro atoms. The van der Waals surface area contributed by atoms with Crippen LogP contribution in [0.2, 0.25) is 0 Å². The Balaban J connectivity index is 4.42. The maximum Gasteiger partial charge on any atom is 0.329 e. The van der Waals surface area contributed by atoms with Crippen LogP contribution in [0.3, 0.4) is 0 Å². The molecule has 0 fully saturated rings. The lowest BCUT2D eigenvalue weighted by molar-refractivity contribution is -0.156. The smallest absolute Gasteiger partial charge is 0.329 e. The third-order valence-electron chi connectivity index (χ3n) is 2.78. The van der Waals surface area contributed by atoms with E-state index in [1.165, 1.54) is 18.7 Å². The van der Waals surface area contributed by atoms with Crippen LogP contribution in [-0.2, 0) is 9.59 Å². The van der Waals surface area contributed by atoms with Crippen LogP contribution in [0, 0.1) is 12.3 Å². The average Bonchev–Trinajstić information content (AvgIpc) is 2.24. The first-order valence-corrected chi connectivity index (χ1v) is 5.85. The molecular weight excluding hydrogens is 218 g/mol. The Bertz CT molecular complexity index is 315. The number of carbonyl (C=O) groups excluding carboxylic acids is 1. The second kappa shape index (κ2) is 6.95. The Kier molecular flexibility index (Phi) is 6.34. The fourth-order valence-electron chi connectivity index (χ4n) is 1.64. The standard InChI is InChI=1S/C13H21NO3/c1-5-7-8-9-10-11(15)14(6-2)13(3,4)12(16)17/h1H,6-10H2,2-4H3,(H,16,17). The lowest BCUT2D eigenvalue weighted by Crippen LogP contribution is -2.52. The largest absolute Gasteiger partial charge is 0.480 e. The van der Waals surface area contributed by atoms with Crippen molar-refractivity contribution in [3.05, 3.63) is 0 Å². The van der Waals surface area contributed by atoms with Gasteiger partial charge in [-0.05, 0) is 33.6 Å². The van der Waals surface area contributed by atoms with Crippen molar-refractivity contribution in [2.24, 2.45) is 0 Å². The maximum atomic E-state index is 11.9. The molecule has 96 valence electrons. The highest BCUT2D eigenvalue weighted by molar-refractivity contribution is 5.86. The summed E-state index contributed by atoms with van der Waals surface area (Å²) >= 11 is 0. The van der Waals surface area contributed by atoms with Crippen molar-refractivity contribution in [2.45, 2.75) is 52.0 Å². The maximum absolute atomic E-state index is 11.9. The van der Waals surface area contributed by atoms with Crippen LogP contribution in [-0.4, -0.2) is 34.0 Å². The molecule has 0 unspecified atom stereocenters. The number of likely N-dealkylation sites (N-methyl/N-ethyl adjacent to an activating group) is 1. The minimum absolute atomic E-state index is 0.128. The van der Waals surface area contributed by atoms with Crippen molar-refractivity contribution >= 4 is 11.9 Å². The molecular formula is C13H21NO3. The van der Waals surface area contributed by atoms with E-state index in [-0.39, 0.29) is 5.91 Å². The molecule has 4 nitrogen and oxygen atoms in total. The van der Waals surface area contributed by atoms with Gasteiger partial charge in [0.15, 0.2) is 0 Å². The lowest BCUT2D eigenvalue weighted by Gasteiger charge is -2.34. The van der Waals surface area contributed by atoms with E-state index in [0.717, 1.165) is 6.42 Å². The van der Waals surface area contributed by atoms with E-state index in [1.807, 2.05) is 0 Å². The number of aliphatic carboxylic acids is 1. The van der Waals surface area contributed by atoms with Gasteiger partial charge in [-0.25, -0.2) is 4.79 Å². The molecule has 0 aliphatic rings. The first-order valence-electron chi connectivity index (χ1n) is 5.85. The summed E-state index contributed by atoms with van der Waals surface area (Å²) in [5.74, 6) is 1.40. The van der Waals surface area contributed by atoms with Gasteiger partial charge in [-0.3, -0.25) is 4.79 Å². The van der Waals surface area contributed by atoms with Crippen molar-refractivity contribution < 1.29 is 14.7 Å². The molecule has 1 N–H and O–H groups in total. The number of terminal acetylenes is 1. The zero-order valence-electron chi connectivity index (χ0n) is 10.8. The van der Waals surface area contributed by atoms with E-state index in [4.69, 9.17) is 11.5 Å². The van der Waals surface area contributed by atoms with Gasteiger partial charge in [-0.2, -0.15) is 0 Å². The second-order valence-corrected chi connectivity index (χ2v) is 4.41. The predicted octanol–water partition coefficient (Wildman–Crippen LogP) is 1.89. The molecule has 0 heterocycles. The Morgan fingerprint density at radius 2 is 1.94 bits per heavy atom. The summed E-state index contributed by atoms with van der Waals surface area (Å²) in [5.41, 5.74) is -1.15. The average molecular weight is 239 g/mol. The summed E-state index contributed by atoms with van der Waals surface area (Å²) in [7, 11) is 0. The highest BCUT2D eigenvalue weighted by Gasteiger charge is 2.36. The lowest BCUT2D eigenvalue weighted by atomic mass is 10.0. The van der Waals surface area contributed by atoms with E-state index < -0.39 is 11.5 Å². The Hall–Kier alpha value is -1.50. The number of hydrogen-bond acceptors (Lipinski definition) is 2. The predicted molar refractivity (Wildman–Crippen MR) is 66.4 cm³/mol. The minimum atomic E-state index is -1.15. The van der Waals surface area contributed by atoms with Crippen molar-refractivity contribution in [2.75, 3.05) is 6.54 Å². The summed E-state index contributed by atoms with van der Waals surface area (Å²) < 4.78 is 0. The molecule has 0 aromatic heterocycles. The third-order valence-corrected chi connectivity index (χ3v) is 2.78. The monoisotopic (exact) mass is 239 g/mol. The number of amides is 1. The van der Waals surface area contributed by atoms with Gasteiger partial charge in [-0.1, -0.05) is 0 Å². The summed E-state index contributed by atoms with van der Waals surface area (Å²) in [4.78, 5) is 24.4. The van der Waals surface area contributed by atoms with Gasteiger partial charge in [0.1, 0.15) is 5.54 Å². The molecule has 0 saturated heterocycles. The second-order valence-electron chi connectivity index (χ2n) is 4.41. The SMILES string of the molecule is C#CCCCCC(=O)N(CC)C(C)(C)C(=O)O. The summed E-state index contributed by atoms with van der Waals surface area (Å²) in [5, 5.41) is 9.08. The zero-order valence-corrected chi connectivity index (χ0v) is 10.8. The molecule has 4 heteroatoms. The van der Waals surface area contributed by atoms with Gasteiger partial charge in [-0.15, -0.1) is 12.3 Å². The van der Waals surface area contributed by atoms with Crippen molar-refractivity contribution in [1.29, 1.82) is 0 Å². The number of nitrogens with zero attached hydrogens (tertiary/aromatic N) is 1. The van der Waals surface area contributed by atoms with Crippen LogP contribution in [0.15, 0.2) is 0 Å². The summed E-state index contributed by atoms with van der Waals surface area (Å²) in [6.07, 6.45) is 7.63. The molecule has 0 radical (unpaired) electrons. The van der Waals surface area contributed by atoms with Gasteiger partial charge >= 0.3 is 5.97 Å². The summed E-state index contributed by atoms with van der Waals surface area (Å²) in [6, 6.07) is 0. The molecule has 0 aliphatic carbocycles. The molecule has 0 atom stereocenters. The van der Waals surface area contributed by atoms with E-state index in [9.17, 15) is 9.59 Å². The van der Waals surface area contributed by atoms with Crippen LogP contribution >= 0.6 is 0 Å². The van der Waals surface area contributed by atoms with Crippen LogP contribution < -0.4 is 0 Å². The van der Waals surface area contributed by atoms with Crippen molar-refractivity contribution in [1.82, 2.24) is 4.90 Å². The van der Waals surface area contributed by atoms with Gasteiger partial charge in [0, 0.05) is 19.4 Å². The van der Waals surface area contributed by atoms with Crippen LogP contribution in [0.4, 0.5) is 0 Å². The van der Waals surface area contributed by atoms with Gasteiger partial charge in [0.05, 0.1) is 0 Å². The fraction of sp³-hybridized carbons (Fsp3) is 0.692. The summed E-state index contributed by atoms with van der Waals surface area (Å²) in [6.45, 7) is 5.26. The van der Waals surface area contributed by atoms with Crippen LogP contribution in [0.5, 0.6) is 0 Å². The van der Waals surface area contributed by atoms with Crippen molar-refractivity contribution in [3.63, 3.8) is 0 Å². The van der Waals surface area contributed by atoms with Gasteiger partial charge < -0.3 is 10.0 Å². The molecule has 0 bridgehead atoms. The fourth-order valence-corrected chi connectivity index (χ4v) is 1.64. The third kappa shape index (κ3) is 4.48. The molecule has 0 aliphatic heterocycles. The normalized spacial score (nSPS) is 10.7. The Morgan fingerprint density at radius 3 is 2.35 bits per heavy atom. The van der Waals surface area contributed by atoms with Crippen LogP contribution in [0.25, 0.3) is 0 Å². The molecule has 0 aromatic carbocycles. The van der Waals surface area contributed by atoms with Gasteiger partial charge in [0.2, 0.25) is 5.91 Å². The topological polar surface area (TPSA) is 57.6 Å². The number of carboxylic acids is 1. The zero-order chi connectivity index (χ0) is 13.5. The number of hydrogen-bond donors (Lipinski definition) is 1. The van der Waals surface area contributed by atoms with Crippen LogP contribution in [0.1, 0.15) is 46.5 Å². The first-order chi connectivity index (χ1) is 7.87. The van der Waals surface area contributed by atoms with E-state index >= 15 is 0 Å². The van der Waals surface area contributed by atoms with Gasteiger partial charge in [0.25, 0.3) is 0 Å². The number of unbranched alkanes of at least 4 members (excludes halogenated alkanes) is 2. The quantitative estimate of drug-likeness (QED) is 0.545. The molecule has 0 aromatic rings. The molecule has 0 rings (SSSR count). The highest BCUT2D eigenvalue weighted by atomic mass is 16.4. The molecule has 1 amide bonds. The minimum Gasteiger partial charge on any atom is -0.480 e. The Morgan fingerprint density at radius 1 is 1.35 bits per heavy atom. The Labute approximate surface area is 103 Å². The first kappa shape index (κ1) is 15.5. The number of rotatable bonds is 7. The van der Waals surface area contributed by atoms with E-state index in [2.05, 4.69) is 5.92 Å². The molecule has 17 heavy (non-hydrogen) atoms. The van der Waals surface area contributed by atoms with E-state index in [0.29, 0.717) is 25.8 Å².